The molecule has 0 saturated heterocycles. The van der Waals surface area contributed by atoms with E-state index < -0.39 is 5.92 Å². The van der Waals surface area contributed by atoms with Crippen molar-refractivity contribution in [2.24, 2.45) is 5.92 Å². The molecule has 7 heteroatoms. The summed E-state index contributed by atoms with van der Waals surface area (Å²) in [6, 6.07) is 7.09. The molecule has 0 aromatic heterocycles. The Morgan fingerprint density at radius 2 is 1.88 bits per heavy atom. The quantitative estimate of drug-likeness (QED) is 0.534. The third-order valence-corrected chi connectivity index (χ3v) is 3.95. The second-order valence-corrected chi connectivity index (χ2v) is 6.34. The summed E-state index contributed by atoms with van der Waals surface area (Å²) in [5.74, 6) is -0.964. The van der Waals surface area contributed by atoms with Gasteiger partial charge in [0.05, 0.1) is 19.4 Å². The van der Waals surface area contributed by atoms with Gasteiger partial charge in [0.2, 0.25) is 11.8 Å². The lowest BCUT2D eigenvalue weighted by Gasteiger charge is -2.25. The molecule has 2 amide bonds. The van der Waals surface area contributed by atoms with Gasteiger partial charge in [-0.05, 0) is 24.1 Å². The van der Waals surface area contributed by atoms with Crippen LogP contribution in [0.25, 0.3) is 0 Å². The summed E-state index contributed by atoms with van der Waals surface area (Å²) < 4.78 is 4.73. The van der Waals surface area contributed by atoms with Crippen molar-refractivity contribution >= 4 is 29.4 Å². The second-order valence-electron chi connectivity index (χ2n) is 5.90. The van der Waals surface area contributed by atoms with Crippen molar-refractivity contribution in [3.05, 3.63) is 34.9 Å². The van der Waals surface area contributed by atoms with Crippen molar-refractivity contribution in [2.75, 3.05) is 26.7 Å². The molecule has 0 aliphatic rings. The van der Waals surface area contributed by atoms with Gasteiger partial charge in [-0.3, -0.25) is 14.4 Å². The highest BCUT2D eigenvalue weighted by atomic mass is 35.5. The van der Waals surface area contributed by atoms with Crippen LogP contribution in [0.2, 0.25) is 5.02 Å². The predicted octanol–water partition coefficient (Wildman–Crippen LogP) is 2.05. The highest BCUT2D eigenvalue weighted by molar-refractivity contribution is 6.30. The smallest absolute Gasteiger partial charge is 0.310 e. The monoisotopic (exact) mass is 368 g/mol. The highest BCUT2D eigenvalue weighted by Crippen LogP contribution is 2.12. The van der Waals surface area contributed by atoms with Gasteiger partial charge in [0.15, 0.2) is 0 Å². The Balaban J connectivity index is 2.69. The Morgan fingerprint density at radius 3 is 2.44 bits per heavy atom. The van der Waals surface area contributed by atoms with Crippen LogP contribution >= 0.6 is 11.6 Å². The number of hydrogen-bond donors (Lipinski definition) is 1. The van der Waals surface area contributed by atoms with Crippen LogP contribution in [0.1, 0.15) is 25.8 Å². The number of rotatable bonds is 9. The molecule has 1 rings (SSSR count). The molecule has 0 bridgehead atoms. The summed E-state index contributed by atoms with van der Waals surface area (Å²) >= 11 is 5.86. The predicted molar refractivity (Wildman–Crippen MR) is 96.2 cm³/mol. The van der Waals surface area contributed by atoms with E-state index in [1.807, 2.05) is 0 Å². The van der Waals surface area contributed by atoms with Crippen LogP contribution in [-0.4, -0.2) is 49.4 Å². The molecule has 1 unspecified atom stereocenters. The van der Waals surface area contributed by atoms with Crippen molar-refractivity contribution in [3.8, 4) is 0 Å². The minimum absolute atomic E-state index is 0.0825. The van der Waals surface area contributed by atoms with E-state index >= 15 is 0 Å². The number of halogens is 1. The van der Waals surface area contributed by atoms with Gasteiger partial charge < -0.3 is 15.0 Å². The number of nitrogens with zero attached hydrogens (tertiary/aromatic N) is 1. The fourth-order valence-electron chi connectivity index (χ4n) is 2.35. The molecule has 1 atom stereocenters. The normalized spacial score (nSPS) is 11.5. The summed E-state index contributed by atoms with van der Waals surface area (Å²) in [6.45, 7) is 4.38. The Bertz CT molecular complexity index is 589. The molecule has 0 aliphatic heterocycles. The maximum Gasteiger partial charge on any atom is 0.310 e. The first-order valence-corrected chi connectivity index (χ1v) is 8.55. The van der Waals surface area contributed by atoms with Gasteiger partial charge in [0.1, 0.15) is 0 Å². The average molecular weight is 369 g/mol. The summed E-state index contributed by atoms with van der Waals surface area (Å²) in [5, 5.41) is 3.31. The zero-order chi connectivity index (χ0) is 18.8. The highest BCUT2D eigenvalue weighted by Gasteiger charge is 2.21. The van der Waals surface area contributed by atoms with E-state index in [0.717, 1.165) is 5.56 Å². The molecule has 25 heavy (non-hydrogen) atoms. The number of ether oxygens (including phenoxy) is 1. The SMILES string of the molecule is COC(=O)C(C)CN(CCCNC(C)=O)C(=O)Cc1ccc(Cl)cc1. The third kappa shape index (κ3) is 8.03. The van der Waals surface area contributed by atoms with Gasteiger partial charge in [0, 0.05) is 31.6 Å². The fourth-order valence-corrected chi connectivity index (χ4v) is 2.47. The third-order valence-electron chi connectivity index (χ3n) is 3.70. The van der Waals surface area contributed by atoms with Crippen molar-refractivity contribution in [1.29, 1.82) is 0 Å². The molecule has 0 aliphatic carbocycles. The number of carbonyl (C=O) groups is 3. The standard InChI is InChI=1S/C18H25ClN2O4/c1-13(18(24)25-3)12-21(10-4-9-20-14(2)22)17(23)11-15-5-7-16(19)8-6-15/h5-8,13H,4,9-12H2,1-3H3,(H,20,22). The molecule has 0 radical (unpaired) electrons. The minimum atomic E-state index is -0.417. The minimum Gasteiger partial charge on any atom is -0.469 e. The Labute approximate surface area is 153 Å². The van der Waals surface area contributed by atoms with E-state index in [2.05, 4.69) is 5.32 Å². The molecule has 1 N–H and O–H groups in total. The molecule has 1 aromatic rings. The first kappa shape index (κ1) is 21.0. The zero-order valence-electron chi connectivity index (χ0n) is 14.9. The molecular formula is C18H25ClN2O4. The van der Waals surface area contributed by atoms with Crippen molar-refractivity contribution < 1.29 is 19.1 Å². The summed E-state index contributed by atoms with van der Waals surface area (Å²) in [5.41, 5.74) is 0.854. The van der Waals surface area contributed by atoms with Crippen LogP contribution in [0.4, 0.5) is 0 Å². The van der Waals surface area contributed by atoms with Crippen molar-refractivity contribution in [3.63, 3.8) is 0 Å². The van der Waals surface area contributed by atoms with Gasteiger partial charge in [0.25, 0.3) is 0 Å². The fraction of sp³-hybridized carbons (Fsp3) is 0.500. The lowest BCUT2D eigenvalue weighted by atomic mass is 10.1. The van der Waals surface area contributed by atoms with E-state index in [-0.39, 0.29) is 30.7 Å². The number of esters is 1. The Kier molecular flexibility index (Phi) is 8.99. The molecule has 1 aromatic carbocycles. The first-order valence-electron chi connectivity index (χ1n) is 8.18. The van der Waals surface area contributed by atoms with Crippen LogP contribution in [0.5, 0.6) is 0 Å². The number of methoxy groups -OCH3 is 1. The molecule has 0 fully saturated rings. The van der Waals surface area contributed by atoms with E-state index in [0.29, 0.717) is 24.5 Å². The molecule has 0 spiro atoms. The lowest BCUT2D eigenvalue weighted by molar-refractivity contribution is -0.146. The molecular weight excluding hydrogens is 344 g/mol. The lowest BCUT2D eigenvalue weighted by Crippen LogP contribution is -2.39. The van der Waals surface area contributed by atoms with E-state index in [9.17, 15) is 14.4 Å². The van der Waals surface area contributed by atoms with Crippen molar-refractivity contribution in [2.45, 2.75) is 26.7 Å². The van der Waals surface area contributed by atoms with Crippen LogP contribution in [0.3, 0.4) is 0 Å². The summed E-state index contributed by atoms with van der Waals surface area (Å²) in [4.78, 5) is 36.8. The van der Waals surface area contributed by atoms with Crippen molar-refractivity contribution in [1.82, 2.24) is 10.2 Å². The van der Waals surface area contributed by atoms with Gasteiger partial charge in [-0.1, -0.05) is 30.7 Å². The zero-order valence-corrected chi connectivity index (χ0v) is 15.6. The number of amides is 2. The number of carbonyl (C=O) groups excluding carboxylic acids is 3. The maximum absolute atomic E-state index is 12.6. The molecule has 138 valence electrons. The molecule has 0 saturated carbocycles. The topological polar surface area (TPSA) is 75.7 Å². The molecule has 6 nitrogen and oxygen atoms in total. The van der Waals surface area contributed by atoms with E-state index in [4.69, 9.17) is 16.3 Å². The van der Waals surface area contributed by atoms with Gasteiger partial charge in [-0.25, -0.2) is 0 Å². The summed E-state index contributed by atoms with van der Waals surface area (Å²) in [6.07, 6.45) is 0.838. The number of benzene rings is 1. The van der Waals surface area contributed by atoms with Gasteiger partial charge in [-0.2, -0.15) is 0 Å². The molecule has 0 heterocycles. The van der Waals surface area contributed by atoms with Crippen LogP contribution in [-0.2, 0) is 25.5 Å². The largest absolute Gasteiger partial charge is 0.469 e. The van der Waals surface area contributed by atoms with Gasteiger partial charge >= 0.3 is 5.97 Å². The Hall–Kier alpha value is -2.08. The Morgan fingerprint density at radius 1 is 1.24 bits per heavy atom. The van der Waals surface area contributed by atoms with Crippen LogP contribution in [0, 0.1) is 5.92 Å². The van der Waals surface area contributed by atoms with Crippen LogP contribution in [0.15, 0.2) is 24.3 Å². The van der Waals surface area contributed by atoms with E-state index in [1.54, 1.807) is 36.1 Å². The van der Waals surface area contributed by atoms with Crippen LogP contribution < -0.4 is 5.32 Å². The number of nitrogens with one attached hydrogen (secondary N) is 1. The maximum atomic E-state index is 12.6. The van der Waals surface area contributed by atoms with Gasteiger partial charge in [-0.15, -0.1) is 0 Å². The number of hydrogen-bond acceptors (Lipinski definition) is 4. The first-order chi connectivity index (χ1) is 11.8. The summed E-state index contributed by atoms with van der Waals surface area (Å²) in [7, 11) is 1.33. The average Bonchev–Trinajstić information content (AvgIpc) is 2.58. The van der Waals surface area contributed by atoms with E-state index in [1.165, 1.54) is 14.0 Å². The second kappa shape index (κ2) is 10.7.